The summed E-state index contributed by atoms with van der Waals surface area (Å²) >= 11 is 6.12. The van der Waals surface area contributed by atoms with E-state index < -0.39 is 0 Å². The van der Waals surface area contributed by atoms with Crippen molar-refractivity contribution in [2.75, 3.05) is 13.1 Å². The Morgan fingerprint density at radius 1 is 1.13 bits per heavy atom. The van der Waals surface area contributed by atoms with Crippen LogP contribution >= 0.6 is 11.6 Å². The van der Waals surface area contributed by atoms with Crippen LogP contribution in [0.2, 0.25) is 5.02 Å². The van der Waals surface area contributed by atoms with Crippen LogP contribution < -0.4 is 10.1 Å². The van der Waals surface area contributed by atoms with Gasteiger partial charge in [0.05, 0.1) is 6.04 Å². The zero-order valence-corrected chi connectivity index (χ0v) is 19.3. The van der Waals surface area contributed by atoms with E-state index in [-0.39, 0.29) is 23.5 Å². The Kier molecular flexibility index (Phi) is 6.88. The summed E-state index contributed by atoms with van der Waals surface area (Å²) < 4.78 is 6.39. The Morgan fingerprint density at radius 3 is 2.58 bits per heavy atom. The molecule has 5 heteroatoms. The molecule has 2 aromatic carbocycles. The molecule has 1 saturated heterocycles. The van der Waals surface area contributed by atoms with Crippen molar-refractivity contribution < 1.29 is 9.53 Å². The van der Waals surface area contributed by atoms with E-state index >= 15 is 0 Å². The lowest BCUT2D eigenvalue weighted by Crippen LogP contribution is -2.47. The number of benzene rings is 2. The summed E-state index contributed by atoms with van der Waals surface area (Å²) in [6, 6.07) is 16.2. The Hall–Kier alpha value is -2.04. The first-order valence-corrected chi connectivity index (χ1v) is 11.9. The minimum Gasteiger partial charge on any atom is -0.487 e. The number of piperidine rings is 1. The quantitative estimate of drug-likeness (QED) is 0.621. The number of carbonyl (C=O) groups excluding carboxylic acids is 1. The van der Waals surface area contributed by atoms with Crippen LogP contribution in [-0.2, 0) is 11.3 Å². The van der Waals surface area contributed by atoms with Gasteiger partial charge in [-0.3, -0.25) is 9.69 Å². The maximum atomic E-state index is 13.2. The number of para-hydroxylation sites is 1. The molecule has 4 nitrogen and oxygen atoms in total. The van der Waals surface area contributed by atoms with Crippen molar-refractivity contribution in [3.63, 3.8) is 0 Å². The van der Waals surface area contributed by atoms with Crippen LogP contribution in [0.25, 0.3) is 0 Å². The third-order valence-electron chi connectivity index (χ3n) is 7.06. The predicted molar refractivity (Wildman–Crippen MR) is 125 cm³/mol. The molecular weight excluding hydrogens is 408 g/mol. The Morgan fingerprint density at radius 2 is 1.87 bits per heavy atom. The van der Waals surface area contributed by atoms with Crippen LogP contribution in [0.3, 0.4) is 0 Å². The third-order valence-corrected chi connectivity index (χ3v) is 7.29. The van der Waals surface area contributed by atoms with E-state index in [1.807, 2.05) is 36.4 Å². The molecule has 1 atom stereocenters. The maximum absolute atomic E-state index is 13.2. The van der Waals surface area contributed by atoms with Gasteiger partial charge in [-0.2, -0.15) is 0 Å². The lowest BCUT2D eigenvalue weighted by molar-refractivity contribution is -0.128. The van der Waals surface area contributed by atoms with Crippen LogP contribution in [0.15, 0.2) is 48.5 Å². The molecule has 2 aliphatic rings. The number of rotatable bonds is 6. The van der Waals surface area contributed by atoms with Gasteiger partial charge in [0.2, 0.25) is 5.91 Å². The first kappa shape index (κ1) is 22.2. The summed E-state index contributed by atoms with van der Waals surface area (Å²) in [5.74, 6) is 1.17. The van der Waals surface area contributed by atoms with Crippen molar-refractivity contribution in [3.05, 3.63) is 64.7 Å². The predicted octanol–water partition coefficient (Wildman–Crippen LogP) is 5.75. The minimum absolute atomic E-state index is 0.0156. The van der Waals surface area contributed by atoms with Crippen LogP contribution in [0.5, 0.6) is 5.75 Å². The molecule has 1 fully saturated rings. The van der Waals surface area contributed by atoms with Crippen molar-refractivity contribution in [1.29, 1.82) is 0 Å². The summed E-state index contributed by atoms with van der Waals surface area (Å²) in [6.07, 6.45) is 4.49. The second-order valence-electron chi connectivity index (χ2n) is 8.98. The normalized spacial score (nSPS) is 21.2. The second kappa shape index (κ2) is 9.62. The largest absolute Gasteiger partial charge is 0.487 e. The first-order valence-electron chi connectivity index (χ1n) is 11.6. The van der Waals surface area contributed by atoms with Gasteiger partial charge in [-0.05, 0) is 62.5 Å². The van der Waals surface area contributed by atoms with E-state index in [2.05, 4.69) is 36.2 Å². The summed E-state index contributed by atoms with van der Waals surface area (Å²) in [5.41, 5.74) is 2.13. The standard InChI is InChI=1S/C26H33ClN2O2/c1-3-26(4-2)17-23(22-10-5-6-11-24(22)31-26)28-25(30)20-12-14-29(15-13-20)18-19-8-7-9-21(27)16-19/h5-11,16,20,23H,3-4,12-15,17-18H2,1-2H3,(H,28,30)/t23-/m1/s1. The minimum atomic E-state index is -0.202. The fourth-order valence-corrected chi connectivity index (χ4v) is 5.18. The Balaban J connectivity index is 1.37. The number of halogens is 1. The number of amides is 1. The van der Waals surface area contributed by atoms with Crippen molar-refractivity contribution in [2.45, 2.75) is 64.1 Å². The van der Waals surface area contributed by atoms with E-state index in [1.165, 1.54) is 5.56 Å². The number of hydrogen-bond acceptors (Lipinski definition) is 3. The highest BCUT2D eigenvalue weighted by Gasteiger charge is 2.39. The summed E-state index contributed by atoms with van der Waals surface area (Å²) in [5, 5.41) is 4.16. The molecular formula is C26H33ClN2O2. The number of likely N-dealkylation sites (tertiary alicyclic amines) is 1. The molecule has 31 heavy (non-hydrogen) atoms. The van der Waals surface area contributed by atoms with Gasteiger partial charge in [0.1, 0.15) is 11.4 Å². The fraction of sp³-hybridized carbons (Fsp3) is 0.500. The second-order valence-corrected chi connectivity index (χ2v) is 9.41. The smallest absolute Gasteiger partial charge is 0.223 e. The number of ether oxygens (including phenoxy) is 1. The zero-order chi connectivity index (χ0) is 21.8. The van der Waals surface area contributed by atoms with E-state index in [0.29, 0.717) is 0 Å². The Bertz CT molecular complexity index is 904. The van der Waals surface area contributed by atoms with E-state index in [9.17, 15) is 4.79 Å². The van der Waals surface area contributed by atoms with E-state index in [0.717, 1.165) is 68.1 Å². The molecule has 0 radical (unpaired) electrons. The lowest BCUT2D eigenvalue weighted by Gasteiger charge is -2.42. The molecule has 1 N–H and O–H groups in total. The topological polar surface area (TPSA) is 41.6 Å². The zero-order valence-electron chi connectivity index (χ0n) is 18.6. The molecule has 0 saturated carbocycles. The molecule has 1 amide bonds. The van der Waals surface area contributed by atoms with Crippen molar-refractivity contribution in [2.24, 2.45) is 5.92 Å². The van der Waals surface area contributed by atoms with Gasteiger partial charge in [0.25, 0.3) is 0 Å². The molecule has 2 aliphatic heterocycles. The summed E-state index contributed by atoms with van der Waals surface area (Å²) in [4.78, 5) is 15.6. The average molecular weight is 441 g/mol. The number of nitrogens with zero attached hydrogens (tertiary/aromatic N) is 1. The van der Waals surface area contributed by atoms with Crippen LogP contribution in [0.4, 0.5) is 0 Å². The highest BCUT2D eigenvalue weighted by atomic mass is 35.5. The fourth-order valence-electron chi connectivity index (χ4n) is 4.97. The maximum Gasteiger partial charge on any atom is 0.223 e. The van der Waals surface area contributed by atoms with Gasteiger partial charge in [-0.1, -0.05) is 55.8 Å². The third kappa shape index (κ3) is 5.07. The molecule has 2 heterocycles. The van der Waals surface area contributed by atoms with E-state index in [4.69, 9.17) is 16.3 Å². The highest BCUT2D eigenvalue weighted by molar-refractivity contribution is 6.30. The average Bonchev–Trinajstić information content (AvgIpc) is 2.79. The highest BCUT2D eigenvalue weighted by Crippen LogP contribution is 2.42. The molecule has 2 aromatic rings. The van der Waals surface area contributed by atoms with Crippen molar-refractivity contribution in [1.82, 2.24) is 10.2 Å². The first-order chi connectivity index (χ1) is 15.0. The SMILES string of the molecule is CCC1(CC)C[C@@H](NC(=O)C2CCN(Cc3cccc(Cl)c3)CC2)c2ccccc2O1. The monoisotopic (exact) mass is 440 g/mol. The van der Waals surface area contributed by atoms with Crippen LogP contribution in [0.1, 0.15) is 63.1 Å². The number of hydrogen-bond donors (Lipinski definition) is 1. The van der Waals surface area contributed by atoms with Gasteiger partial charge in [0.15, 0.2) is 0 Å². The molecule has 0 aromatic heterocycles. The molecule has 4 rings (SSSR count). The summed E-state index contributed by atoms with van der Waals surface area (Å²) in [7, 11) is 0. The van der Waals surface area contributed by atoms with Gasteiger partial charge in [-0.25, -0.2) is 0 Å². The van der Waals surface area contributed by atoms with Gasteiger partial charge in [-0.15, -0.1) is 0 Å². The van der Waals surface area contributed by atoms with Gasteiger partial charge in [0, 0.05) is 29.5 Å². The Labute approximate surface area is 190 Å². The van der Waals surface area contributed by atoms with Gasteiger partial charge < -0.3 is 10.1 Å². The number of carbonyl (C=O) groups is 1. The molecule has 166 valence electrons. The number of fused-ring (bicyclic) bond motifs is 1. The van der Waals surface area contributed by atoms with Gasteiger partial charge >= 0.3 is 0 Å². The molecule has 0 unspecified atom stereocenters. The number of nitrogens with one attached hydrogen (secondary N) is 1. The van der Waals surface area contributed by atoms with Crippen molar-refractivity contribution in [3.8, 4) is 5.75 Å². The van der Waals surface area contributed by atoms with Crippen LogP contribution in [0, 0.1) is 5.92 Å². The van der Waals surface area contributed by atoms with Crippen LogP contribution in [-0.4, -0.2) is 29.5 Å². The summed E-state index contributed by atoms with van der Waals surface area (Å²) in [6.45, 7) is 7.10. The molecule has 0 aliphatic carbocycles. The molecule has 0 bridgehead atoms. The van der Waals surface area contributed by atoms with E-state index in [1.54, 1.807) is 0 Å². The molecule has 0 spiro atoms. The lowest BCUT2D eigenvalue weighted by atomic mass is 9.83. The van der Waals surface area contributed by atoms with Crippen molar-refractivity contribution >= 4 is 17.5 Å².